The fourth-order valence-corrected chi connectivity index (χ4v) is 3.27. The number of phenolic OH excluding ortho intramolecular Hbond substituents is 1. The number of para-hydroxylation sites is 2. The summed E-state index contributed by atoms with van der Waals surface area (Å²) in [6, 6.07) is 28.1. The number of phenols is 1. The lowest BCUT2D eigenvalue weighted by Crippen LogP contribution is -2.14. The van der Waals surface area contributed by atoms with Gasteiger partial charge in [0.25, 0.3) is 0 Å². The highest BCUT2D eigenvalue weighted by Gasteiger charge is 2.18. The van der Waals surface area contributed by atoms with Crippen LogP contribution in [0.4, 0.5) is 5.69 Å². The molecule has 1 aromatic heterocycles. The normalized spacial score (nSPS) is 12.0. The van der Waals surface area contributed by atoms with Gasteiger partial charge in [0, 0.05) is 22.3 Å². The zero-order chi connectivity index (χ0) is 17.9. The number of anilines is 1. The average Bonchev–Trinajstić information content (AvgIpc) is 2.68. The van der Waals surface area contributed by atoms with E-state index in [-0.39, 0.29) is 11.8 Å². The first-order valence-electron chi connectivity index (χ1n) is 8.68. The Morgan fingerprint density at radius 3 is 2.27 bits per heavy atom. The molecule has 26 heavy (non-hydrogen) atoms. The summed E-state index contributed by atoms with van der Waals surface area (Å²) >= 11 is 0. The Balaban J connectivity index is 1.86. The Kier molecular flexibility index (Phi) is 4.28. The van der Waals surface area contributed by atoms with Gasteiger partial charge in [-0.25, -0.2) is 4.98 Å². The first kappa shape index (κ1) is 16.2. The molecule has 0 spiro atoms. The molecule has 3 nitrogen and oxygen atoms in total. The smallest absolute Gasteiger partial charge is 0.141 e. The highest BCUT2D eigenvalue weighted by atomic mass is 16.3. The predicted molar refractivity (Wildman–Crippen MR) is 106 cm³/mol. The maximum atomic E-state index is 10.1. The van der Waals surface area contributed by atoms with Gasteiger partial charge in [-0.2, -0.15) is 0 Å². The molecule has 0 aliphatic heterocycles. The molecule has 4 rings (SSSR count). The van der Waals surface area contributed by atoms with Crippen molar-refractivity contribution in [1.82, 2.24) is 4.98 Å². The molecule has 3 aromatic carbocycles. The largest absolute Gasteiger partial charge is 0.506 e. The topological polar surface area (TPSA) is 45.2 Å². The fourth-order valence-electron chi connectivity index (χ4n) is 3.27. The van der Waals surface area contributed by atoms with Crippen LogP contribution in [0.25, 0.3) is 10.9 Å². The Bertz CT molecular complexity index is 1030. The van der Waals surface area contributed by atoms with Gasteiger partial charge >= 0.3 is 0 Å². The molecule has 0 aliphatic carbocycles. The van der Waals surface area contributed by atoms with Gasteiger partial charge in [0.2, 0.25) is 0 Å². The van der Waals surface area contributed by atoms with Crippen molar-refractivity contribution in [3.05, 3.63) is 102 Å². The molecule has 0 saturated heterocycles. The van der Waals surface area contributed by atoms with E-state index >= 15 is 0 Å². The number of nitrogens with one attached hydrogen (secondary N) is 1. The van der Waals surface area contributed by atoms with Crippen molar-refractivity contribution in [2.45, 2.75) is 13.0 Å². The quantitative estimate of drug-likeness (QED) is 0.519. The average molecular weight is 340 g/mol. The van der Waals surface area contributed by atoms with E-state index in [0.717, 1.165) is 22.3 Å². The molecule has 3 heteroatoms. The molecule has 1 atom stereocenters. The van der Waals surface area contributed by atoms with Crippen molar-refractivity contribution in [3.63, 3.8) is 0 Å². The summed E-state index contributed by atoms with van der Waals surface area (Å²) in [5.74, 6) is 0.212. The number of rotatable bonds is 4. The summed E-state index contributed by atoms with van der Waals surface area (Å²) in [5, 5.41) is 14.7. The van der Waals surface area contributed by atoms with E-state index in [9.17, 15) is 5.11 Å². The zero-order valence-electron chi connectivity index (χ0n) is 14.6. The monoisotopic (exact) mass is 340 g/mol. The number of benzene rings is 3. The Labute approximate surface area is 153 Å². The number of pyridine rings is 1. The van der Waals surface area contributed by atoms with Crippen molar-refractivity contribution in [2.24, 2.45) is 0 Å². The lowest BCUT2D eigenvalue weighted by atomic mass is 9.95. The SMILES string of the molecule is Cc1nc2c(O)cccc2cc1C(Nc1ccccc1)c1ccccc1. The Morgan fingerprint density at radius 2 is 1.54 bits per heavy atom. The van der Waals surface area contributed by atoms with Crippen LogP contribution in [0.2, 0.25) is 0 Å². The van der Waals surface area contributed by atoms with Crippen LogP contribution in [0.5, 0.6) is 5.75 Å². The minimum absolute atomic E-state index is 0.0298. The fraction of sp³-hybridized carbons (Fsp3) is 0.0870. The minimum Gasteiger partial charge on any atom is -0.506 e. The third-order valence-electron chi connectivity index (χ3n) is 4.58. The van der Waals surface area contributed by atoms with Crippen LogP contribution < -0.4 is 5.32 Å². The number of fused-ring (bicyclic) bond motifs is 1. The molecular weight excluding hydrogens is 320 g/mol. The maximum Gasteiger partial charge on any atom is 0.141 e. The van der Waals surface area contributed by atoms with Crippen molar-refractivity contribution in [2.75, 3.05) is 5.32 Å². The first-order valence-corrected chi connectivity index (χ1v) is 8.68. The Hall–Kier alpha value is -3.33. The van der Waals surface area contributed by atoms with E-state index in [1.165, 1.54) is 5.56 Å². The van der Waals surface area contributed by atoms with Gasteiger partial charge in [-0.3, -0.25) is 0 Å². The molecule has 128 valence electrons. The van der Waals surface area contributed by atoms with Gasteiger partial charge in [0.05, 0.1) is 6.04 Å². The van der Waals surface area contributed by atoms with Gasteiger partial charge in [0.1, 0.15) is 11.3 Å². The highest BCUT2D eigenvalue weighted by molar-refractivity contribution is 5.85. The molecular formula is C23H20N2O. The zero-order valence-corrected chi connectivity index (χ0v) is 14.6. The van der Waals surface area contributed by atoms with Gasteiger partial charge in [-0.1, -0.05) is 60.7 Å². The molecule has 0 fully saturated rings. The number of aryl methyl sites for hydroxylation is 1. The molecule has 0 saturated carbocycles. The molecule has 0 bridgehead atoms. The minimum atomic E-state index is -0.0298. The first-order chi connectivity index (χ1) is 12.7. The molecule has 1 unspecified atom stereocenters. The van der Waals surface area contributed by atoms with Crippen molar-refractivity contribution < 1.29 is 5.11 Å². The van der Waals surface area contributed by atoms with Gasteiger partial charge < -0.3 is 10.4 Å². The van der Waals surface area contributed by atoms with Crippen LogP contribution in [-0.4, -0.2) is 10.1 Å². The summed E-state index contributed by atoms with van der Waals surface area (Å²) in [4.78, 5) is 4.67. The van der Waals surface area contributed by atoms with E-state index in [0.29, 0.717) is 5.52 Å². The van der Waals surface area contributed by atoms with Crippen LogP contribution in [0.15, 0.2) is 84.9 Å². The van der Waals surface area contributed by atoms with Crippen LogP contribution >= 0.6 is 0 Å². The van der Waals surface area contributed by atoms with Crippen LogP contribution in [0.3, 0.4) is 0 Å². The number of aromatic hydroxyl groups is 1. The number of hydrogen-bond acceptors (Lipinski definition) is 3. The third kappa shape index (κ3) is 3.11. The van der Waals surface area contributed by atoms with E-state index in [1.807, 2.05) is 55.5 Å². The van der Waals surface area contributed by atoms with E-state index in [1.54, 1.807) is 6.07 Å². The number of aromatic nitrogens is 1. The maximum absolute atomic E-state index is 10.1. The second kappa shape index (κ2) is 6.89. The predicted octanol–water partition coefficient (Wildman–Crippen LogP) is 5.45. The molecule has 4 aromatic rings. The summed E-state index contributed by atoms with van der Waals surface area (Å²) < 4.78 is 0. The number of nitrogens with zero attached hydrogens (tertiary/aromatic N) is 1. The standard InChI is InChI=1S/C23H20N2O/c1-16-20(15-18-11-8-14-21(26)23(18)24-16)22(17-9-4-2-5-10-17)25-19-12-6-3-7-13-19/h2-15,22,25-26H,1H3. The van der Waals surface area contributed by atoms with Gasteiger partial charge in [-0.05, 0) is 36.8 Å². The molecule has 0 aliphatic rings. The van der Waals surface area contributed by atoms with Crippen molar-refractivity contribution in [1.29, 1.82) is 0 Å². The Morgan fingerprint density at radius 1 is 0.846 bits per heavy atom. The summed E-state index contributed by atoms with van der Waals surface area (Å²) in [7, 11) is 0. The van der Waals surface area contributed by atoms with Crippen molar-refractivity contribution >= 4 is 16.6 Å². The van der Waals surface area contributed by atoms with Gasteiger partial charge in [0.15, 0.2) is 0 Å². The van der Waals surface area contributed by atoms with Crippen molar-refractivity contribution in [3.8, 4) is 5.75 Å². The second-order valence-corrected chi connectivity index (χ2v) is 6.37. The van der Waals surface area contributed by atoms with Crippen LogP contribution in [-0.2, 0) is 0 Å². The van der Waals surface area contributed by atoms with Crippen LogP contribution in [0, 0.1) is 6.92 Å². The summed E-state index contributed by atoms with van der Waals surface area (Å²) in [6.07, 6.45) is 0. The third-order valence-corrected chi connectivity index (χ3v) is 4.58. The molecule has 2 N–H and O–H groups in total. The van der Waals surface area contributed by atoms with Gasteiger partial charge in [-0.15, -0.1) is 0 Å². The van der Waals surface area contributed by atoms with E-state index in [4.69, 9.17) is 0 Å². The number of hydrogen-bond donors (Lipinski definition) is 2. The molecule has 0 radical (unpaired) electrons. The lowest BCUT2D eigenvalue weighted by Gasteiger charge is -2.23. The second-order valence-electron chi connectivity index (χ2n) is 6.37. The highest BCUT2D eigenvalue weighted by Crippen LogP contribution is 2.32. The van der Waals surface area contributed by atoms with Crippen LogP contribution in [0.1, 0.15) is 22.9 Å². The summed E-state index contributed by atoms with van der Waals surface area (Å²) in [5.41, 5.74) is 4.85. The van der Waals surface area contributed by atoms with E-state index in [2.05, 4.69) is 40.6 Å². The lowest BCUT2D eigenvalue weighted by molar-refractivity contribution is 0.480. The molecule has 1 heterocycles. The molecule has 0 amide bonds. The summed E-state index contributed by atoms with van der Waals surface area (Å²) in [6.45, 7) is 1.99. The van der Waals surface area contributed by atoms with E-state index < -0.39 is 0 Å².